The van der Waals surface area contributed by atoms with Gasteiger partial charge in [-0.15, -0.1) is 0 Å². The quantitative estimate of drug-likeness (QED) is 0.389. The van der Waals surface area contributed by atoms with E-state index < -0.39 is 19.8 Å². The number of hydrogen-bond donors (Lipinski definition) is 0. The molecule has 5 rings (SSSR count). The van der Waals surface area contributed by atoms with Crippen molar-refractivity contribution in [2.24, 2.45) is 0 Å². The molecule has 0 radical (unpaired) electrons. The van der Waals surface area contributed by atoms with Crippen LogP contribution in [0.3, 0.4) is 0 Å². The molecule has 1 aliphatic carbocycles. The fourth-order valence-corrected chi connectivity index (χ4v) is 11.0. The predicted molar refractivity (Wildman–Crippen MR) is 128 cm³/mol. The van der Waals surface area contributed by atoms with Crippen LogP contribution < -0.4 is 15.8 Å². The SMILES string of the molecule is O=C1C=CC(=O)c2c([O-])cccc21.c1cc[c]([Sn+]([c]2ccccc2)[c]2ccccc2)cc1. The van der Waals surface area contributed by atoms with Crippen LogP contribution in [0.1, 0.15) is 20.7 Å². The number of rotatable bonds is 3. The minimum atomic E-state index is -1.98. The molecule has 0 atom stereocenters. The Hall–Kier alpha value is -3.44. The van der Waals surface area contributed by atoms with Gasteiger partial charge in [-0.05, 0) is 12.2 Å². The maximum absolute atomic E-state index is 11.2. The first-order chi connectivity index (χ1) is 15.6. The molecule has 4 heteroatoms. The van der Waals surface area contributed by atoms with Crippen molar-refractivity contribution in [3.05, 3.63) is 132 Å². The van der Waals surface area contributed by atoms with Crippen molar-refractivity contribution in [3.8, 4) is 5.75 Å². The van der Waals surface area contributed by atoms with E-state index in [1.165, 1.54) is 35.0 Å². The Bertz CT molecular complexity index is 1160. The number of ketones is 2. The summed E-state index contributed by atoms with van der Waals surface area (Å²) in [5.74, 6) is -1.06. The van der Waals surface area contributed by atoms with Gasteiger partial charge >= 0.3 is 121 Å². The van der Waals surface area contributed by atoms with E-state index in [2.05, 4.69) is 91.0 Å². The van der Waals surface area contributed by atoms with E-state index in [1.54, 1.807) is 0 Å². The zero-order chi connectivity index (χ0) is 22.3. The molecule has 0 heterocycles. The third-order valence-electron chi connectivity index (χ3n) is 5.11. The van der Waals surface area contributed by atoms with E-state index in [4.69, 9.17) is 0 Å². The van der Waals surface area contributed by atoms with Crippen LogP contribution in [-0.4, -0.2) is 31.3 Å². The van der Waals surface area contributed by atoms with Crippen LogP contribution in [0.4, 0.5) is 0 Å². The van der Waals surface area contributed by atoms with Crippen LogP contribution in [0.5, 0.6) is 5.75 Å². The molecule has 4 aromatic rings. The van der Waals surface area contributed by atoms with E-state index in [9.17, 15) is 14.7 Å². The summed E-state index contributed by atoms with van der Waals surface area (Å²) in [6, 6.07) is 37.2. The van der Waals surface area contributed by atoms with Gasteiger partial charge in [-0.3, -0.25) is 9.59 Å². The van der Waals surface area contributed by atoms with E-state index >= 15 is 0 Å². The molecule has 0 aromatic heterocycles. The summed E-state index contributed by atoms with van der Waals surface area (Å²) in [5, 5.41) is 11.2. The van der Waals surface area contributed by atoms with Gasteiger partial charge in [0.2, 0.25) is 0 Å². The summed E-state index contributed by atoms with van der Waals surface area (Å²) in [4.78, 5) is 22.4. The van der Waals surface area contributed by atoms with Crippen LogP contribution >= 0.6 is 0 Å². The number of fused-ring (bicyclic) bond motifs is 1. The van der Waals surface area contributed by atoms with Gasteiger partial charge in [0.05, 0.1) is 0 Å². The van der Waals surface area contributed by atoms with E-state index in [1.807, 2.05) is 0 Å². The molecule has 0 amide bonds. The van der Waals surface area contributed by atoms with E-state index in [0.717, 1.165) is 6.08 Å². The molecule has 32 heavy (non-hydrogen) atoms. The van der Waals surface area contributed by atoms with E-state index in [-0.39, 0.29) is 28.4 Å². The molecular weight excluding hydrogens is 503 g/mol. The second-order valence-electron chi connectivity index (χ2n) is 7.21. The third kappa shape index (κ3) is 4.89. The standard InChI is InChI=1S/C10H6O3.3C6H5.Sn/c11-7-4-5-9(13)10-6(7)2-1-3-8(10)12;3*1-2-4-6-5-3-1;/h1-5,12H;3*1-5H;/q;;;;+1/p-1. The number of carbonyl (C=O) groups is 2. The Morgan fingerprint density at radius 2 is 0.938 bits per heavy atom. The first kappa shape index (κ1) is 21.8. The molecule has 0 saturated heterocycles. The summed E-state index contributed by atoms with van der Waals surface area (Å²) in [7, 11) is 0. The molecule has 0 bridgehead atoms. The van der Waals surface area contributed by atoms with Gasteiger partial charge < -0.3 is 5.11 Å². The van der Waals surface area contributed by atoms with Gasteiger partial charge in [-0.2, -0.15) is 0 Å². The summed E-state index contributed by atoms with van der Waals surface area (Å²) in [6.07, 6.45) is 2.32. The van der Waals surface area contributed by atoms with Gasteiger partial charge in [0.1, 0.15) is 0 Å². The van der Waals surface area contributed by atoms with Gasteiger partial charge in [0.15, 0.2) is 11.6 Å². The Labute approximate surface area is 194 Å². The zero-order valence-electron chi connectivity index (χ0n) is 17.3. The van der Waals surface area contributed by atoms with Crippen molar-refractivity contribution in [1.82, 2.24) is 0 Å². The first-order valence-electron chi connectivity index (χ1n) is 10.2. The fraction of sp³-hybridized carbons (Fsp3) is 0. The molecule has 0 unspecified atom stereocenters. The van der Waals surface area contributed by atoms with Crippen LogP contribution in [0, 0.1) is 0 Å². The summed E-state index contributed by atoms with van der Waals surface area (Å²) < 4.78 is 4.59. The van der Waals surface area contributed by atoms with Gasteiger partial charge in [-0.1, -0.05) is 23.9 Å². The van der Waals surface area contributed by atoms with Crippen LogP contribution in [-0.2, 0) is 0 Å². The van der Waals surface area contributed by atoms with Crippen LogP contribution in [0.15, 0.2) is 121 Å². The van der Waals surface area contributed by atoms with Crippen molar-refractivity contribution < 1.29 is 14.7 Å². The Morgan fingerprint density at radius 3 is 1.38 bits per heavy atom. The molecule has 4 aromatic carbocycles. The molecule has 154 valence electrons. The Balaban J connectivity index is 0.000000165. The average molecular weight is 523 g/mol. The molecule has 0 fully saturated rings. The second kappa shape index (κ2) is 10.2. The summed E-state index contributed by atoms with van der Waals surface area (Å²) in [6.45, 7) is 0. The van der Waals surface area contributed by atoms with Crippen molar-refractivity contribution in [3.63, 3.8) is 0 Å². The Kier molecular flexibility index (Phi) is 6.97. The average Bonchev–Trinajstić information content (AvgIpc) is 2.84. The monoisotopic (exact) mass is 524 g/mol. The molecule has 0 aliphatic heterocycles. The number of carbonyl (C=O) groups excluding carboxylic acids is 2. The van der Waals surface area contributed by atoms with Gasteiger partial charge in [0.25, 0.3) is 0 Å². The molecule has 1 aliphatic rings. The van der Waals surface area contributed by atoms with Crippen molar-refractivity contribution >= 4 is 42.1 Å². The van der Waals surface area contributed by atoms with Gasteiger partial charge in [-0.25, -0.2) is 0 Å². The maximum atomic E-state index is 11.2. The number of benzene rings is 4. The van der Waals surface area contributed by atoms with E-state index in [0.29, 0.717) is 0 Å². The molecule has 0 N–H and O–H groups in total. The van der Waals surface area contributed by atoms with Gasteiger partial charge in [0, 0.05) is 11.1 Å². The second-order valence-corrected chi connectivity index (χ2v) is 14.3. The molecular formula is C28H20O3Sn. The minimum absolute atomic E-state index is 0.00463. The van der Waals surface area contributed by atoms with Crippen LogP contribution in [0.25, 0.3) is 0 Å². The Morgan fingerprint density at radius 1 is 0.500 bits per heavy atom. The predicted octanol–water partition coefficient (Wildman–Crippen LogP) is 2.90. The van der Waals surface area contributed by atoms with Crippen molar-refractivity contribution in [2.45, 2.75) is 0 Å². The third-order valence-corrected chi connectivity index (χ3v) is 12.9. The summed E-state index contributed by atoms with van der Waals surface area (Å²) >= 11 is -1.98. The molecule has 0 spiro atoms. The van der Waals surface area contributed by atoms with Crippen molar-refractivity contribution in [1.29, 1.82) is 0 Å². The molecule has 3 nitrogen and oxygen atoms in total. The number of allylic oxidation sites excluding steroid dienone is 2. The normalized spacial score (nSPS) is 11.9. The van der Waals surface area contributed by atoms with Crippen LogP contribution in [0.2, 0.25) is 0 Å². The molecule has 0 saturated carbocycles. The fourth-order valence-electron chi connectivity index (χ4n) is 3.63. The van der Waals surface area contributed by atoms with Crippen molar-refractivity contribution in [2.75, 3.05) is 0 Å². The zero-order valence-corrected chi connectivity index (χ0v) is 20.1. The summed E-state index contributed by atoms with van der Waals surface area (Å²) in [5.41, 5.74) is 0.204. The first-order valence-corrected chi connectivity index (χ1v) is 14.5. The topological polar surface area (TPSA) is 57.2 Å². The number of hydrogen-bond acceptors (Lipinski definition) is 3.